The van der Waals surface area contributed by atoms with Crippen molar-refractivity contribution < 1.29 is 19.5 Å². The molecule has 0 spiro atoms. The zero-order valence-electron chi connectivity index (χ0n) is 16.2. The third-order valence-corrected chi connectivity index (χ3v) is 5.85. The summed E-state index contributed by atoms with van der Waals surface area (Å²) >= 11 is 1.01. The van der Waals surface area contributed by atoms with Crippen LogP contribution in [-0.2, 0) is 29.1 Å². The lowest BCUT2D eigenvalue weighted by Gasteiger charge is -2.13. The number of thioether (sulfide) groups is 1. The van der Waals surface area contributed by atoms with Gasteiger partial charge in [-0.3, -0.25) is 19.3 Å². The van der Waals surface area contributed by atoms with Gasteiger partial charge in [0, 0.05) is 48.2 Å². The summed E-state index contributed by atoms with van der Waals surface area (Å²) in [6.07, 6.45) is 4.34. The van der Waals surface area contributed by atoms with Gasteiger partial charge in [-0.05, 0) is 29.3 Å². The van der Waals surface area contributed by atoms with Crippen molar-refractivity contribution in [2.24, 2.45) is 0 Å². The van der Waals surface area contributed by atoms with Gasteiger partial charge in [-0.1, -0.05) is 23.9 Å². The van der Waals surface area contributed by atoms with Crippen LogP contribution in [0.1, 0.15) is 22.4 Å². The summed E-state index contributed by atoms with van der Waals surface area (Å²) in [5.41, 5.74) is 4.94. The number of nitrogens with one attached hydrogen (secondary N) is 3. The summed E-state index contributed by atoms with van der Waals surface area (Å²) in [4.78, 5) is 40.6. The smallest absolute Gasteiger partial charge is 0.289 e. The molecule has 156 valence electrons. The number of nitrogens with zero attached hydrogens (tertiary/aromatic N) is 1. The fourth-order valence-corrected chi connectivity index (χ4v) is 4.21. The number of carbonyl (C=O) groups is 3. The first-order valence-electron chi connectivity index (χ1n) is 9.65. The largest absolute Gasteiger partial charge is 0.395 e. The minimum absolute atomic E-state index is 0.0960. The number of aromatic nitrogens is 1. The van der Waals surface area contributed by atoms with Crippen molar-refractivity contribution >= 4 is 40.1 Å². The highest BCUT2D eigenvalue weighted by atomic mass is 32.2. The number of carbonyl (C=O) groups excluding carboxylic acids is 3. The van der Waals surface area contributed by atoms with Crippen LogP contribution in [0.2, 0.25) is 0 Å². The Morgan fingerprint density at radius 2 is 2.07 bits per heavy atom. The second-order valence-electron chi connectivity index (χ2n) is 7.12. The highest BCUT2D eigenvalue weighted by Gasteiger charge is 2.30. The number of rotatable bonds is 8. The van der Waals surface area contributed by atoms with Gasteiger partial charge in [0.2, 0.25) is 5.91 Å². The second-order valence-corrected chi connectivity index (χ2v) is 8.05. The number of aliphatic hydroxyl groups excluding tert-OH is 1. The van der Waals surface area contributed by atoms with Crippen molar-refractivity contribution in [2.45, 2.75) is 19.5 Å². The number of hydrogen-bond acceptors (Lipinski definition) is 6. The number of benzene rings is 1. The molecule has 1 aromatic carbocycles. The van der Waals surface area contributed by atoms with E-state index in [9.17, 15) is 14.4 Å². The number of anilines is 1. The highest BCUT2D eigenvalue weighted by Crippen LogP contribution is 2.33. The van der Waals surface area contributed by atoms with Crippen LogP contribution in [0.5, 0.6) is 0 Å². The molecule has 4 rings (SSSR count). The Balaban J connectivity index is 1.48. The number of H-pyrrole nitrogens is 1. The van der Waals surface area contributed by atoms with E-state index in [0.29, 0.717) is 25.1 Å². The van der Waals surface area contributed by atoms with Gasteiger partial charge >= 0.3 is 0 Å². The fourth-order valence-electron chi connectivity index (χ4n) is 3.49. The van der Waals surface area contributed by atoms with E-state index in [1.807, 2.05) is 30.5 Å². The van der Waals surface area contributed by atoms with Crippen molar-refractivity contribution in [3.05, 3.63) is 58.9 Å². The number of fused-ring (bicyclic) bond motifs is 1. The number of allylic oxidation sites excluding steroid dienone is 1. The van der Waals surface area contributed by atoms with Gasteiger partial charge in [-0.2, -0.15) is 0 Å². The molecule has 0 radical (unpaired) electrons. The summed E-state index contributed by atoms with van der Waals surface area (Å²) in [5, 5.41) is 14.6. The first-order chi connectivity index (χ1) is 14.5. The molecular weight excluding hydrogens is 404 g/mol. The van der Waals surface area contributed by atoms with Crippen molar-refractivity contribution in [3.63, 3.8) is 0 Å². The van der Waals surface area contributed by atoms with Gasteiger partial charge in [-0.15, -0.1) is 0 Å². The first kappa shape index (κ1) is 20.4. The lowest BCUT2D eigenvalue weighted by atomic mass is 10.0. The van der Waals surface area contributed by atoms with Gasteiger partial charge in [0.05, 0.1) is 18.9 Å². The standard InChI is InChI=1S/C21H22N4O4S/c26-6-5-22-9-14-7-15(23-10-14)2-3-16-17-8-13(1-4-18(17)24-20(16)28)11-25-19(27)12-30-21(25)29/h1,3-4,7-8,10,22-23,26H,2,5-6,9,11-12H2,(H,24,28)/b16-3-. The summed E-state index contributed by atoms with van der Waals surface area (Å²) in [6.45, 7) is 1.50. The van der Waals surface area contributed by atoms with E-state index in [-0.39, 0.29) is 36.0 Å². The van der Waals surface area contributed by atoms with Crippen LogP contribution in [0.15, 0.2) is 36.5 Å². The van der Waals surface area contributed by atoms with Gasteiger partial charge in [0.15, 0.2) is 0 Å². The molecule has 0 unspecified atom stereocenters. The number of amides is 3. The molecule has 2 aromatic rings. The third kappa shape index (κ3) is 4.33. The monoisotopic (exact) mass is 426 g/mol. The Hall–Kier alpha value is -2.88. The Morgan fingerprint density at radius 3 is 2.83 bits per heavy atom. The minimum Gasteiger partial charge on any atom is -0.395 e. The van der Waals surface area contributed by atoms with Gasteiger partial charge < -0.3 is 20.7 Å². The van der Waals surface area contributed by atoms with Crippen LogP contribution in [-0.4, -0.2) is 50.9 Å². The average molecular weight is 426 g/mol. The van der Waals surface area contributed by atoms with Crippen LogP contribution in [0.3, 0.4) is 0 Å². The summed E-state index contributed by atoms with van der Waals surface area (Å²) in [6, 6.07) is 7.51. The summed E-state index contributed by atoms with van der Waals surface area (Å²) in [5.74, 6) is -0.170. The van der Waals surface area contributed by atoms with Crippen molar-refractivity contribution in [1.29, 1.82) is 0 Å². The maximum absolute atomic E-state index is 12.4. The minimum atomic E-state index is -0.235. The van der Waals surface area contributed by atoms with Gasteiger partial charge in [0.25, 0.3) is 11.1 Å². The van der Waals surface area contributed by atoms with Crippen LogP contribution in [0, 0.1) is 0 Å². The lowest BCUT2D eigenvalue weighted by Crippen LogP contribution is -2.27. The first-order valence-corrected chi connectivity index (χ1v) is 10.6. The zero-order chi connectivity index (χ0) is 21.1. The van der Waals surface area contributed by atoms with Crippen molar-refractivity contribution in [2.75, 3.05) is 24.2 Å². The molecule has 4 N–H and O–H groups in total. The maximum atomic E-state index is 12.4. The Bertz CT molecular complexity index is 1010. The quantitative estimate of drug-likeness (QED) is 0.379. The van der Waals surface area contributed by atoms with Gasteiger partial charge in [0.1, 0.15) is 0 Å². The molecule has 3 heterocycles. The molecule has 2 aliphatic rings. The topological polar surface area (TPSA) is 115 Å². The van der Waals surface area contributed by atoms with Gasteiger partial charge in [-0.25, -0.2) is 0 Å². The summed E-state index contributed by atoms with van der Waals surface area (Å²) < 4.78 is 0. The number of imide groups is 1. The van der Waals surface area contributed by atoms with E-state index in [1.165, 1.54) is 4.90 Å². The van der Waals surface area contributed by atoms with E-state index in [1.54, 1.807) is 6.07 Å². The lowest BCUT2D eigenvalue weighted by molar-refractivity contribution is -0.125. The zero-order valence-corrected chi connectivity index (χ0v) is 17.1. The summed E-state index contributed by atoms with van der Waals surface area (Å²) in [7, 11) is 0. The molecule has 1 saturated heterocycles. The predicted molar refractivity (Wildman–Crippen MR) is 115 cm³/mol. The van der Waals surface area contributed by atoms with E-state index >= 15 is 0 Å². The van der Waals surface area contributed by atoms with Crippen LogP contribution < -0.4 is 10.6 Å². The van der Waals surface area contributed by atoms with E-state index in [0.717, 1.165) is 39.8 Å². The van der Waals surface area contributed by atoms with E-state index in [2.05, 4.69) is 15.6 Å². The average Bonchev–Trinajstić information content (AvgIpc) is 3.40. The maximum Gasteiger partial charge on any atom is 0.289 e. The van der Waals surface area contributed by atoms with Crippen LogP contribution in [0.25, 0.3) is 5.57 Å². The Kier molecular flexibility index (Phi) is 6.03. The predicted octanol–water partition coefficient (Wildman–Crippen LogP) is 1.87. The highest BCUT2D eigenvalue weighted by molar-refractivity contribution is 8.14. The SMILES string of the molecule is O=C1Nc2ccc(CN3C(=O)CSC3=O)cc2/C1=C/Cc1cc(CNCCO)c[nH]1. The number of hydrogen-bond donors (Lipinski definition) is 4. The van der Waals surface area contributed by atoms with Crippen molar-refractivity contribution in [1.82, 2.24) is 15.2 Å². The Labute approximate surface area is 177 Å². The number of aromatic amines is 1. The van der Waals surface area contributed by atoms with E-state index < -0.39 is 0 Å². The van der Waals surface area contributed by atoms with E-state index in [4.69, 9.17) is 5.11 Å². The molecule has 9 heteroatoms. The molecule has 30 heavy (non-hydrogen) atoms. The second kappa shape index (κ2) is 8.86. The van der Waals surface area contributed by atoms with Crippen LogP contribution in [0.4, 0.5) is 10.5 Å². The molecule has 2 aliphatic heterocycles. The third-order valence-electron chi connectivity index (χ3n) is 4.99. The molecule has 0 bridgehead atoms. The molecular formula is C21H22N4O4S. The molecule has 8 nitrogen and oxygen atoms in total. The fraction of sp³-hybridized carbons (Fsp3) is 0.286. The normalized spacial score (nSPS) is 17.2. The molecule has 3 amide bonds. The molecule has 0 aliphatic carbocycles. The molecule has 1 fully saturated rings. The Morgan fingerprint density at radius 1 is 1.20 bits per heavy atom. The molecule has 0 saturated carbocycles. The van der Waals surface area contributed by atoms with Crippen LogP contribution >= 0.6 is 11.8 Å². The van der Waals surface area contributed by atoms with Crippen molar-refractivity contribution in [3.8, 4) is 0 Å². The molecule has 0 atom stereocenters. The number of aliphatic hydroxyl groups is 1. The molecule has 1 aromatic heterocycles.